The summed E-state index contributed by atoms with van der Waals surface area (Å²) in [5.74, 6) is 0.682. The highest BCUT2D eigenvalue weighted by Crippen LogP contribution is 2.25. The smallest absolute Gasteiger partial charge is 0.279 e. The zero-order valence-electron chi connectivity index (χ0n) is 12.0. The molecule has 3 rings (SSSR count). The monoisotopic (exact) mass is 279 g/mol. The highest BCUT2D eigenvalue weighted by Gasteiger charge is 2.32. The standard InChI is InChI=1S/C13H21N5O2/c1-16-5-3-13(20,4-6-16)7-18-9-15-11-10(12(18)19)14-8-17(11)2/h9,14,20H,3-8H2,1-2H3. The fourth-order valence-corrected chi connectivity index (χ4v) is 2.82. The third kappa shape index (κ3) is 2.27. The largest absolute Gasteiger partial charge is 0.388 e. The van der Waals surface area contributed by atoms with Gasteiger partial charge >= 0.3 is 0 Å². The van der Waals surface area contributed by atoms with Crippen LogP contribution < -0.4 is 15.8 Å². The Bertz CT molecular complexity index is 562. The summed E-state index contributed by atoms with van der Waals surface area (Å²) in [5.41, 5.74) is -0.380. The lowest BCUT2D eigenvalue weighted by Gasteiger charge is -2.36. The molecule has 1 saturated heterocycles. The van der Waals surface area contributed by atoms with Crippen LogP contribution in [0.2, 0.25) is 0 Å². The summed E-state index contributed by atoms with van der Waals surface area (Å²) in [7, 11) is 3.93. The van der Waals surface area contributed by atoms with Crippen molar-refractivity contribution in [1.82, 2.24) is 14.5 Å². The van der Waals surface area contributed by atoms with Gasteiger partial charge in [0.25, 0.3) is 5.56 Å². The summed E-state index contributed by atoms with van der Waals surface area (Å²) in [6.45, 7) is 2.61. The molecule has 7 nitrogen and oxygen atoms in total. The lowest BCUT2D eigenvalue weighted by molar-refractivity contribution is -0.0299. The van der Waals surface area contributed by atoms with Crippen LogP contribution in [-0.4, -0.2) is 59.0 Å². The number of rotatable bonds is 2. The molecule has 2 aliphatic heterocycles. The van der Waals surface area contributed by atoms with Crippen molar-refractivity contribution in [2.75, 3.05) is 44.1 Å². The Balaban J connectivity index is 1.84. The molecule has 2 aliphatic rings. The summed E-state index contributed by atoms with van der Waals surface area (Å²) in [4.78, 5) is 20.8. The van der Waals surface area contributed by atoms with E-state index < -0.39 is 5.60 Å². The summed E-state index contributed by atoms with van der Waals surface area (Å²) in [6.07, 6.45) is 2.90. The topological polar surface area (TPSA) is 73.6 Å². The van der Waals surface area contributed by atoms with Gasteiger partial charge in [-0.3, -0.25) is 9.36 Å². The van der Waals surface area contributed by atoms with Crippen LogP contribution in [0.4, 0.5) is 11.5 Å². The lowest BCUT2D eigenvalue weighted by Crippen LogP contribution is -2.47. The molecule has 0 saturated carbocycles. The molecular formula is C13H21N5O2. The number of nitrogens with zero attached hydrogens (tertiary/aromatic N) is 4. The molecule has 0 unspecified atom stereocenters. The Labute approximate surface area is 117 Å². The average Bonchev–Trinajstić information content (AvgIpc) is 2.79. The Kier molecular flexibility index (Phi) is 3.18. The van der Waals surface area contributed by atoms with Crippen molar-refractivity contribution in [3.8, 4) is 0 Å². The van der Waals surface area contributed by atoms with E-state index in [0.717, 1.165) is 13.1 Å². The summed E-state index contributed by atoms with van der Waals surface area (Å²) in [5, 5.41) is 13.7. The van der Waals surface area contributed by atoms with Gasteiger partial charge in [0.2, 0.25) is 0 Å². The summed E-state index contributed by atoms with van der Waals surface area (Å²) < 4.78 is 1.52. The van der Waals surface area contributed by atoms with Crippen molar-refractivity contribution < 1.29 is 5.11 Å². The third-order valence-corrected chi connectivity index (χ3v) is 4.25. The van der Waals surface area contributed by atoms with E-state index in [1.807, 2.05) is 19.0 Å². The summed E-state index contributed by atoms with van der Waals surface area (Å²) in [6, 6.07) is 0. The van der Waals surface area contributed by atoms with E-state index in [1.165, 1.54) is 4.57 Å². The third-order valence-electron chi connectivity index (χ3n) is 4.25. The van der Waals surface area contributed by atoms with Gasteiger partial charge in [0, 0.05) is 20.1 Å². The van der Waals surface area contributed by atoms with Crippen LogP contribution in [0.5, 0.6) is 0 Å². The van der Waals surface area contributed by atoms with Gasteiger partial charge < -0.3 is 20.2 Å². The van der Waals surface area contributed by atoms with Crippen molar-refractivity contribution in [2.45, 2.75) is 25.0 Å². The number of piperidine rings is 1. The zero-order valence-corrected chi connectivity index (χ0v) is 12.0. The van der Waals surface area contributed by atoms with E-state index in [2.05, 4.69) is 15.2 Å². The second-order valence-corrected chi connectivity index (χ2v) is 5.94. The second-order valence-electron chi connectivity index (χ2n) is 5.94. The van der Waals surface area contributed by atoms with Crippen LogP contribution in [0.3, 0.4) is 0 Å². The number of aromatic nitrogens is 2. The summed E-state index contributed by atoms with van der Waals surface area (Å²) >= 11 is 0. The Morgan fingerprint density at radius 1 is 1.40 bits per heavy atom. The molecule has 1 aromatic heterocycles. The van der Waals surface area contributed by atoms with E-state index in [1.54, 1.807) is 6.33 Å². The first-order chi connectivity index (χ1) is 9.48. The highest BCUT2D eigenvalue weighted by atomic mass is 16.3. The molecule has 7 heteroatoms. The molecule has 3 heterocycles. The molecule has 20 heavy (non-hydrogen) atoms. The van der Waals surface area contributed by atoms with Gasteiger partial charge in [0.1, 0.15) is 12.0 Å². The molecule has 1 aromatic rings. The van der Waals surface area contributed by atoms with Crippen molar-refractivity contribution in [1.29, 1.82) is 0 Å². The first kappa shape index (κ1) is 13.4. The lowest BCUT2D eigenvalue weighted by atomic mass is 9.91. The minimum Gasteiger partial charge on any atom is -0.388 e. The van der Waals surface area contributed by atoms with Crippen molar-refractivity contribution >= 4 is 11.5 Å². The van der Waals surface area contributed by atoms with E-state index in [-0.39, 0.29) is 5.56 Å². The number of hydrogen-bond acceptors (Lipinski definition) is 6. The maximum absolute atomic E-state index is 12.4. The first-order valence-corrected chi connectivity index (χ1v) is 6.94. The molecule has 2 N–H and O–H groups in total. The molecule has 0 radical (unpaired) electrons. The van der Waals surface area contributed by atoms with Crippen LogP contribution >= 0.6 is 0 Å². The van der Waals surface area contributed by atoms with Crippen LogP contribution in [0.25, 0.3) is 0 Å². The molecule has 1 fully saturated rings. The highest BCUT2D eigenvalue weighted by molar-refractivity contribution is 5.68. The Morgan fingerprint density at radius 2 is 2.10 bits per heavy atom. The van der Waals surface area contributed by atoms with Gasteiger partial charge in [-0.1, -0.05) is 0 Å². The van der Waals surface area contributed by atoms with Gasteiger partial charge in [-0.25, -0.2) is 4.98 Å². The second kappa shape index (κ2) is 4.75. The van der Waals surface area contributed by atoms with Gasteiger partial charge in [-0.15, -0.1) is 0 Å². The SMILES string of the molecule is CN1CCC(O)(Cn2cnc3c(c2=O)NCN3C)CC1. The Hall–Kier alpha value is -1.60. The maximum Gasteiger partial charge on any atom is 0.279 e. The molecule has 110 valence electrons. The zero-order chi connectivity index (χ0) is 14.3. The van der Waals surface area contributed by atoms with E-state index in [0.29, 0.717) is 37.6 Å². The quantitative estimate of drug-likeness (QED) is 0.762. The molecule has 0 amide bonds. The number of likely N-dealkylation sites (tertiary alicyclic amines) is 1. The molecule has 0 aliphatic carbocycles. The molecular weight excluding hydrogens is 258 g/mol. The van der Waals surface area contributed by atoms with Gasteiger partial charge in [0.05, 0.1) is 18.8 Å². The van der Waals surface area contributed by atoms with Gasteiger partial charge in [0.15, 0.2) is 5.82 Å². The van der Waals surface area contributed by atoms with Crippen LogP contribution in [0, 0.1) is 0 Å². The first-order valence-electron chi connectivity index (χ1n) is 6.94. The minimum absolute atomic E-state index is 0.105. The van der Waals surface area contributed by atoms with Crippen LogP contribution in [0.15, 0.2) is 11.1 Å². The fraction of sp³-hybridized carbons (Fsp3) is 0.692. The van der Waals surface area contributed by atoms with Gasteiger partial charge in [-0.2, -0.15) is 0 Å². The molecule has 0 bridgehead atoms. The van der Waals surface area contributed by atoms with Crippen LogP contribution in [0.1, 0.15) is 12.8 Å². The van der Waals surface area contributed by atoms with Gasteiger partial charge in [-0.05, 0) is 19.9 Å². The molecule has 0 atom stereocenters. The number of hydrogen-bond donors (Lipinski definition) is 2. The van der Waals surface area contributed by atoms with Crippen molar-refractivity contribution in [3.63, 3.8) is 0 Å². The normalized spacial score (nSPS) is 21.6. The van der Waals surface area contributed by atoms with E-state index in [4.69, 9.17) is 0 Å². The predicted molar refractivity (Wildman–Crippen MR) is 77.1 cm³/mol. The Morgan fingerprint density at radius 3 is 2.80 bits per heavy atom. The van der Waals surface area contributed by atoms with Crippen molar-refractivity contribution in [3.05, 3.63) is 16.7 Å². The van der Waals surface area contributed by atoms with E-state index >= 15 is 0 Å². The minimum atomic E-state index is -0.809. The number of nitrogens with one attached hydrogen (secondary N) is 1. The number of anilines is 2. The number of fused-ring (bicyclic) bond motifs is 1. The maximum atomic E-state index is 12.4. The average molecular weight is 279 g/mol. The number of aliphatic hydroxyl groups is 1. The van der Waals surface area contributed by atoms with Crippen LogP contribution in [-0.2, 0) is 6.54 Å². The van der Waals surface area contributed by atoms with Crippen molar-refractivity contribution in [2.24, 2.45) is 0 Å². The van der Waals surface area contributed by atoms with E-state index in [9.17, 15) is 9.90 Å². The molecule has 0 aromatic carbocycles. The fourth-order valence-electron chi connectivity index (χ4n) is 2.82. The molecule has 0 spiro atoms. The predicted octanol–water partition coefficient (Wildman–Crippen LogP) is -0.481.